The summed E-state index contributed by atoms with van der Waals surface area (Å²) in [5, 5.41) is 8.94. The molecule has 1 saturated heterocycles. The molecule has 116 valence electrons. The average molecular weight is 288 g/mol. The van der Waals surface area contributed by atoms with E-state index >= 15 is 0 Å². The molecule has 0 aromatic heterocycles. The normalized spacial score (nSPS) is 16.6. The van der Waals surface area contributed by atoms with Crippen LogP contribution in [0.5, 0.6) is 0 Å². The van der Waals surface area contributed by atoms with Crippen molar-refractivity contribution in [1.29, 1.82) is 0 Å². The van der Waals surface area contributed by atoms with Crippen LogP contribution < -0.4 is 0 Å². The Morgan fingerprint density at radius 2 is 1.75 bits per heavy atom. The third-order valence-electron chi connectivity index (χ3n) is 3.68. The van der Waals surface area contributed by atoms with E-state index in [0.717, 1.165) is 0 Å². The highest BCUT2D eigenvalue weighted by molar-refractivity contribution is 5.76. The largest absolute Gasteiger partial charge is 0.481 e. The van der Waals surface area contributed by atoms with Crippen LogP contribution in [0.2, 0.25) is 0 Å². The number of hydrogen-bond acceptors (Lipinski definition) is 4. The van der Waals surface area contributed by atoms with Crippen molar-refractivity contribution in [3.8, 4) is 0 Å². The molecule has 0 aliphatic carbocycles. The lowest BCUT2D eigenvalue weighted by Gasteiger charge is -2.43. The average Bonchev–Trinajstić information content (AvgIpc) is 2.36. The summed E-state index contributed by atoms with van der Waals surface area (Å²) in [6.45, 7) is 4.65. The Morgan fingerprint density at radius 3 is 2.15 bits per heavy atom. The van der Waals surface area contributed by atoms with Gasteiger partial charge in [-0.05, 0) is 0 Å². The van der Waals surface area contributed by atoms with Crippen LogP contribution in [0.4, 0.5) is 4.79 Å². The molecule has 1 fully saturated rings. The summed E-state index contributed by atoms with van der Waals surface area (Å²) in [4.78, 5) is 26.5. The molecular formula is C13H24N2O5. The van der Waals surface area contributed by atoms with Crippen LogP contribution in [-0.4, -0.2) is 80.5 Å². The Hall–Kier alpha value is -1.34. The van der Waals surface area contributed by atoms with Gasteiger partial charge in [-0.3, -0.25) is 4.79 Å². The van der Waals surface area contributed by atoms with Gasteiger partial charge >= 0.3 is 12.0 Å². The molecule has 0 spiro atoms. The van der Waals surface area contributed by atoms with E-state index < -0.39 is 11.9 Å². The molecule has 0 aromatic rings. The molecular weight excluding hydrogens is 264 g/mol. The Kier molecular flexibility index (Phi) is 6.74. The zero-order chi connectivity index (χ0) is 15.1. The fourth-order valence-corrected chi connectivity index (χ4v) is 2.09. The number of amides is 2. The molecule has 2 amide bonds. The monoisotopic (exact) mass is 288 g/mol. The quantitative estimate of drug-likeness (QED) is 0.697. The number of carbonyl (C=O) groups excluding carboxylic acids is 1. The first-order valence-electron chi connectivity index (χ1n) is 6.75. The minimum absolute atomic E-state index is 0.0446. The van der Waals surface area contributed by atoms with E-state index in [9.17, 15) is 9.59 Å². The third kappa shape index (κ3) is 4.35. The van der Waals surface area contributed by atoms with Gasteiger partial charge in [-0.2, -0.15) is 0 Å². The number of carboxylic acids is 1. The second kappa shape index (κ2) is 8.06. The number of hydrogen-bond donors (Lipinski definition) is 1. The zero-order valence-electron chi connectivity index (χ0n) is 12.4. The molecule has 0 bridgehead atoms. The number of methoxy groups -OCH3 is 2. The van der Waals surface area contributed by atoms with Gasteiger partial charge in [0.05, 0.1) is 19.1 Å². The van der Waals surface area contributed by atoms with Crippen molar-refractivity contribution in [3.63, 3.8) is 0 Å². The van der Waals surface area contributed by atoms with Crippen molar-refractivity contribution in [2.45, 2.75) is 6.92 Å². The minimum atomic E-state index is -0.808. The fourth-order valence-electron chi connectivity index (χ4n) is 2.09. The molecule has 7 nitrogen and oxygen atoms in total. The van der Waals surface area contributed by atoms with E-state index in [4.69, 9.17) is 14.6 Å². The van der Waals surface area contributed by atoms with Crippen LogP contribution in [0.1, 0.15) is 6.92 Å². The number of carbonyl (C=O) groups is 2. The molecule has 1 aliphatic heterocycles. The van der Waals surface area contributed by atoms with E-state index in [0.29, 0.717) is 39.4 Å². The van der Waals surface area contributed by atoms with Crippen LogP contribution >= 0.6 is 0 Å². The number of likely N-dealkylation sites (tertiary alicyclic amines) is 1. The van der Waals surface area contributed by atoms with Gasteiger partial charge in [-0.15, -0.1) is 0 Å². The summed E-state index contributed by atoms with van der Waals surface area (Å²) < 4.78 is 9.99. The summed E-state index contributed by atoms with van der Waals surface area (Å²) in [7, 11) is 3.18. The van der Waals surface area contributed by atoms with Gasteiger partial charge in [0.15, 0.2) is 0 Å². The van der Waals surface area contributed by atoms with E-state index in [2.05, 4.69) is 0 Å². The molecule has 1 N–H and O–H groups in total. The summed E-state index contributed by atoms with van der Waals surface area (Å²) in [6, 6.07) is -0.0760. The van der Waals surface area contributed by atoms with Gasteiger partial charge in [0.1, 0.15) is 0 Å². The number of carboxylic acid groups (broad SMARTS) is 1. The molecule has 1 rings (SSSR count). The van der Waals surface area contributed by atoms with E-state index in [-0.39, 0.29) is 11.9 Å². The predicted octanol–water partition coefficient (Wildman–Crippen LogP) is 0.354. The van der Waals surface area contributed by atoms with Crippen molar-refractivity contribution >= 4 is 12.0 Å². The number of nitrogens with zero attached hydrogens (tertiary/aromatic N) is 2. The molecule has 20 heavy (non-hydrogen) atoms. The Bertz CT molecular complexity index is 323. The highest BCUT2D eigenvalue weighted by Gasteiger charge is 2.38. The first kappa shape index (κ1) is 16.7. The van der Waals surface area contributed by atoms with Crippen molar-refractivity contribution in [3.05, 3.63) is 0 Å². The molecule has 0 radical (unpaired) electrons. The maximum atomic E-state index is 12.3. The van der Waals surface area contributed by atoms with Crippen molar-refractivity contribution in [1.82, 2.24) is 9.80 Å². The highest BCUT2D eigenvalue weighted by Crippen LogP contribution is 2.25. The van der Waals surface area contributed by atoms with Gasteiger partial charge in [0.25, 0.3) is 0 Å². The minimum Gasteiger partial charge on any atom is -0.481 e. The topological polar surface area (TPSA) is 79.3 Å². The smallest absolute Gasteiger partial charge is 0.320 e. The fraction of sp³-hybridized carbons (Fsp3) is 0.846. The van der Waals surface area contributed by atoms with E-state index in [1.165, 1.54) is 0 Å². The van der Waals surface area contributed by atoms with E-state index in [1.807, 2.05) is 0 Å². The van der Waals surface area contributed by atoms with Crippen LogP contribution in [0.15, 0.2) is 0 Å². The van der Waals surface area contributed by atoms with Crippen LogP contribution in [-0.2, 0) is 14.3 Å². The Balaban J connectivity index is 2.44. The van der Waals surface area contributed by atoms with Crippen LogP contribution in [0.25, 0.3) is 0 Å². The Labute approximate surface area is 119 Å². The first-order chi connectivity index (χ1) is 9.51. The second-order valence-electron chi connectivity index (χ2n) is 5.05. The number of urea groups is 1. The first-order valence-corrected chi connectivity index (χ1v) is 6.75. The van der Waals surface area contributed by atoms with Gasteiger partial charge in [-0.1, -0.05) is 6.92 Å². The number of rotatable bonds is 8. The zero-order valence-corrected chi connectivity index (χ0v) is 12.4. The maximum absolute atomic E-state index is 12.3. The molecule has 0 saturated carbocycles. The Morgan fingerprint density at radius 1 is 1.25 bits per heavy atom. The van der Waals surface area contributed by atoms with Crippen LogP contribution in [0, 0.1) is 11.8 Å². The van der Waals surface area contributed by atoms with Gasteiger partial charge < -0.3 is 24.4 Å². The number of aliphatic carboxylic acids is 1. The van der Waals surface area contributed by atoms with Crippen molar-refractivity contribution < 1.29 is 24.2 Å². The molecule has 1 aliphatic rings. The predicted molar refractivity (Wildman–Crippen MR) is 72.6 cm³/mol. The lowest BCUT2D eigenvalue weighted by molar-refractivity contribution is -0.144. The maximum Gasteiger partial charge on any atom is 0.320 e. The molecule has 0 aromatic carbocycles. The number of ether oxygens (including phenoxy) is 2. The molecule has 1 unspecified atom stereocenters. The van der Waals surface area contributed by atoms with Gasteiger partial charge in [-0.25, -0.2) is 4.79 Å². The molecule has 1 atom stereocenters. The SMILES string of the molecule is COCCN(CCOC)C(=O)N1CC(C(C)C(=O)O)C1. The summed E-state index contributed by atoms with van der Waals surface area (Å²) in [5.41, 5.74) is 0. The van der Waals surface area contributed by atoms with E-state index in [1.54, 1.807) is 30.9 Å². The van der Waals surface area contributed by atoms with Crippen molar-refractivity contribution in [2.24, 2.45) is 11.8 Å². The van der Waals surface area contributed by atoms with Crippen molar-refractivity contribution in [2.75, 3.05) is 53.6 Å². The lowest BCUT2D eigenvalue weighted by atomic mass is 9.87. The standard InChI is InChI=1S/C13H24N2O5/c1-10(12(16)17)11-8-15(9-11)13(18)14(4-6-19-2)5-7-20-3/h10-11H,4-9H2,1-3H3,(H,16,17). The van der Waals surface area contributed by atoms with Crippen LogP contribution in [0.3, 0.4) is 0 Å². The summed E-state index contributed by atoms with van der Waals surface area (Å²) in [5.74, 6) is -1.17. The highest BCUT2D eigenvalue weighted by atomic mass is 16.5. The molecule has 1 heterocycles. The second-order valence-corrected chi connectivity index (χ2v) is 5.05. The molecule has 7 heteroatoms. The lowest BCUT2D eigenvalue weighted by Crippen LogP contribution is -2.58. The van der Waals surface area contributed by atoms with Gasteiger partial charge in [0, 0.05) is 46.3 Å². The summed E-state index contributed by atoms with van der Waals surface area (Å²) in [6.07, 6.45) is 0. The van der Waals surface area contributed by atoms with Gasteiger partial charge in [0.2, 0.25) is 0 Å². The summed E-state index contributed by atoms with van der Waals surface area (Å²) >= 11 is 0. The third-order valence-corrected chi connectivity index (χ3v) is 3.68.